The van der Waals surface area contributed by atoms with Gasteiger partial charge in [-0.15, -0.1) is 0 Å². The summed E-state index contributed by atoms with van der Waals surface area (Å²) >= 11 is 0. The zero-order chi connectivity index (χ0) is 14.6. The number of piperidine rings is 1. The first-order valence-electron chi connectivity index (χ1n) is 7.35. The number of hydrogen-bond acceptors (Lipinski definition) is 4. The second-order valence-corrected chi connectivity index (χ2v) is 6.92. The molecule has 1 saturated heterocycles. The molecule has 0 spiro atoms. The van der Waals surface area contributed by atoms with E-state index in [2.05, 4.69) is 10.4 Å². The number of hydrogen-bond donors (Lipinski definition) is 1. The molecule has 6 nitrogen and oxygen atoms in total. The summed E-state index contributed by atoms with van der Waals surface area (Å²) in [5, 5.41) is 7.68. The molecule has 1 aromatic rings. The Hall–Kier alpha value is -0.920. The van der Waals surface area contributed by atoms with Crippen molar-refractivity contribution in [2.75, 3.05) is 19.6 Å². The van der Waals surface area contributed by atoms with Crippen molar-refractivity contribution in [3.8, 4) is 0 Å². The molecule has 0 saturated carbocycles. The highest BCUT2D eigenvalue weighted by atomic mass is 32.2. The molecule has 1 N–H and O–H groups in total. The van der Waals surface area contributed by atoms with E-state index in [0.29, 0.717) is 18.1 Å². The highest BCUT2D eigenvalue weighted by molar-refractivity contribution is 7.89. The average molecular weight is 300 g/mol. The van der Waals surface area contributed by atoms with Crippen LogP contribution in [0.25, 0.3) is 0 Å². The van der Waals surface area contributed by atoms with Crippen molar-refractivity contribution in [3.05, 3.63) is 12.3 Å². The Morgan fingerprint density at radius 2 is 2.10 bits per heavy atom. The molecule has 0 bridgehead atoms. The smallest absolute Gasteiger partial charge is 0.260 e. The van der Waals surface area contributed by atoms with E-state index in [4.69, 9.17) is 0 Å². The molecule has 1 aromatic heterocycles. The molecule has 114 valence electrons. The molecule has 0 amide bonds. The quantitative estimate of drug-likeness (QED) is 0.853. The first-order chi connectivity index (χ1) is 9.61. The summed E-state index contributed by atoms with van der Waals surface area (Å²) in [5.41, 5.74) is 0. The van der Waals surface area contributed by atoms with Crippen LogP contribution < -0.4 is 5.32 Å². The fraction of sp³-hybridized carbons (Fsp3) is 0.769. The van der Waals surface area contributed by atoms with Gasteiger partial charge in [0, 0.05) is 19.1 Å². The molecule has 2 rings (SSSR count). The Bertz CT molecular complexity index is 520. The molecule has 0 unspecified atom stereocenters. The van der Waals surface area contributed by atoms with Gasteiger partial charge >= 0.3 is 0 Å². The first-order valence-corrected chi connectivity index (χ1v) is 8.79. The van der Waals surface area contributed by atoms with Gasteiger partial charge in [0.2, 0.25) is 0 Å². The molecule has 1 fully saturated rings. The summed E-state index contributed by atoms with van der Waals surface area (Å²) in [6.45, 7) is 6.82. The predicted octanol–water partition coefficient (Wildman–Crippen LogP) is 1.06. The lowest BCUT2D eigenvalue weighted by atomic mass is 10.1. The number of aromatic nitrogens is 2. The van der Waals surface area contributed by atoms with E-state index in [1.807, 2.05) is 13.8 Å². The summed E-state index contributed by atoms with van der Waals surface area (Å²) < 4.78 is 29.0. The van der Waals surface area contributed by atoms with Crippen LogP contribution in [0.4, 0.5) is 0 Å². The molecule has 2 heterocycles. The van der Waals surface area contributed by atoms with Gasteiger partial charge in [-0.05, 0) is 45.3 Å². The molecule has 0 aromatic carbocycles. The van der Waals surface area contributed by atoms with Crippen LogP contribution in [0.3, 0.4) is 0 Å². The fourth-order valence-corrected chi connectivity index (χ4v) is 4.65. The Kier molecular flexibility index (Phi) is 5.17. The Morgan fingerprint density at radius 3 is 2.70 bits per heavy atom. The lowest BCUT2D eigenvalue weighted by Gasteiger charge is -2.33. The van der Waals surface area contributed by atoms with Crippen molar-refractivity contribution in [2.24, 2.45) is 0 Å². The number of aryl methyl sites for hydroxylation is 1. The monoisotopic (exact) mass is 300 g/mol. The van der Waals surface area contributed by atoms with E-state index in [-0.39, 0.29) is 6.04 Å². The third-order valence-electron chi connectivity index (χ3n) is 3.71. The molecular formula is C13H24N4O2S. The number of nitrogens with zero attached hydrogens (tertiary/aromatic N) is 3. The number of rotatable bonds is 6. The van der Waals surface area contributed by atoms with E-state index in [1.54, 1.807) is 21.3 Å². The van der Waals surface area contributed by atoms with Crippen LogP contribution in [-0.2, 0) is 16.6 Å². The Morgan fingerprint density at radius 1 is 1.40 bits per heavy atom. The minimum atomic E-state index is -3.46. The summed E-state index contributed by atoms with van der Waals surface area (Å²) in [6, 6.07) is 1.70. The molecule has 0 radical (unpaired) electrons. The highest BCUT2D eigenvalue weighted by Crippen LogP contribution is 2.22. The van der Waals surface area contributed by atoms with E-state index < -0.39 is 10.0 Å². The van der Waals surface area contributed by atoms with Gasteiger partial charge in [0.05, 0.1) is 6.20 Å². The number of sulfonamides is 1. The van der Waals surface area contributed by atoms with Crippen LogP contribution in [0, 0.1) is 0 Å². The minimum Gasteiger partial charge on any atom is -0.317 e. The largest absolute Gasteiger partial charge is 0.317 e. The van der Waals surface area contributed by atoms with Gasteiger partial charge in [-0.3, -0.25) is 4.68 Å². The van der Waals surface area contributed by atoms with Gasteiger partial charge in [0.15, 0.2) is 5.03 Å². The van der Waals surface area contributed by atoms with Crippen molar-refractivity contribution in [1.82, 2.24) is 19.4 Å². The van der Waals surface area contributed by atoms with Crippen molar-refractivity contribution in [1.29, 1.82) is 0 Å². The second kappa shape index (κ2) is 6.69. The van der Waals surface area contributed by atoms with Gasteiger partial charge in [-0.25, -0.2) is 8.42 Å². The second-order valence-electron chi connectivity index (χ2n) is 5.08. The normalized spacial score (nSPS) is 17.8. The minimum absolute atomic E-state index is 0.0985. The van der Waals surface area contributed by atoms with Crippen LogP contribution in [0.2, 0.25) is 0 Å². The zero-order valence-corrected chi connectivity index (χ0v) is 13.1. The first kappa shape index (κ1) is 15.5. The molecule has 0 atom stereocenters. The van der Waals surface area contributed by atoms with E-state index in [0.717, 1.165) is 32.4 Å². The summed E-state index contributed by atoms with van der Waals surface area (Å²) in [6.07, 6.45) is 4.13. The lowest BCUT2D eigenvalue weighted by molar-refractivity contribution is 0.260. The van der Waals surface area contributed by atoms with Crippen molar-refractivity contribution >= 4 is 10.0 Å². The topological polar surface area (TPSA) is 67.2 Å². The van der Waals surface area contributed by atoms with Gasteiger partial charge < -0.3 is 5.32 Å². The van der Waals surface area contributed by atoms with Gasteiger partial charge in [-0.1, -0.05) is 6.92 Å². The molecular weight excluding hydrogens is 276 g/mol. The van der Waals surface area contributed by atoms with E-state index in [1.165, 1.54) is 0 Å². The van der Waals surface area contributed by atoms with Crippen LogP contribution in [0.5, 0.6) is 0 Å². The van der Waals surface area contributed by atoms with Crippen LogP contribution in [0.15, 0.2) is 17.3 Å². The third kappa shape index (κ3) is 3.05. The molecule has 7 heteroatoms. The van der Waals surface area contributed by atoms with Crippen molar-refractivity contribution < 1.29 is 8.42 Å². The maximum atomic E-state index is 12.9. The highest BCUT2D eigenvalue weighted by Gasteiger charge is 2.33. The van der Waals surface area contributed by atoms with Gasteiger partial charge in [0.1, 0.15) is 0 Å². The predicted molar refractivity (Wildman–Crippen MR) is 78.0 cm³/mol. The van der Waals surface area contributed by atoms with Crippen LogP contribution in [0.1, 0.15) is 33.1 Å². The molecule has 0 aliphatic carbocycles. The van der Waals surface area contributed by atoms with Crippen LogP contribution >= 0.6 is 0 Å². The molecule has 20 heavy (non-hydrogen) atoms. The molecule has 1 aliphatic rings. The van der Waals surface area contributed by atoms with Gasteiger partial charge in [0.25, 0.3) is 10.0 Å². The van der Waals surface area contributed by atoms with E-state index in [9.17, 15) is 8.42 Å². The average Bonchev–Trinajstić information content (AvgIpc) is 2.94. The SMILES string of the molecule is CCCN(C1CCNCC1)S(=O)(=O)c1ccnn1CC. The standard InChI is InChI=1S/C13H24N4O2S/c1-3-11-17(12-5-8-14-9-6-12)20(18,19)13-7-10-15-16(13)4-2/h7,10,12,14H,3-6,8-9,11H2,1-2H3. The third-order valence-corrected chi connectivity index (χ3v) is 5.68. The number of nitrogens with one attached hydrogen (secondary N) is 1. The zero-order valence-electron chi connectivity index (χ0n) is 12.2. The lowest BCUT2D eigenvalue weighted by Crippen LogP contribution is -2.46. The van der Waals surface area contributed by atoms with Crippen molar-refractivity contribution in [2.45, 2.75) is 50.7 Å². The Labute approximate surface area is 121 Å². The van der Waals surface area contributed by atoms with E-state index >= 15 is 0 Å². The summed E-state index contributed by atoms with van der Waals surface area (Å²) in [4.78, 5) is 0. The van der Waals surface area contributed by atoms with Gasteiger partial charge in [-0.2, -0.15) is 9.40 Å². The molecule has 1 aliphatic heterocycles. The maximum absolute atomic E-state index is 12.9. The maximum Gasteiger partial charge on any atom is 0.260 e. The van der Waals surface area contributed by atoms with Crippen LogP contribution in [-0.4, -0.2) is 48.2 Å². The summed E-state index contributed by atoms with van der Waals surface area (Å²) in [7, 11) is -3.46. The summed E-state index contributed by atoms with van der Waals surface area (Å²) in [5.74, 6) is 0. The van der Waals surface area contributed by atoms with Crippen molar-refractivity contribution in [3.63, 3.8) is 0 Å². The Balaban J connectivity index is 2.31. The fourth-order valence-electron chi connectivity index (χ4n) is 2.71.